The first-order valence-corrected chi connectivity index (χ1v) is 5.89. The SMILES string of the molecule is COc1ccc(/C=C/c2cc(C(F)(F)F)[nH]c(=O)n2)cc1. The van der Waals surface area contributed by atoms with Gasteiger partial charge in [-0.25, -0.2) is 4.79 Å². The van der Waals surface area contributed by atoms with E-state index < -0.39 is 17.6 Å². The third-order valence-electron chi connectivity index (χ3n) is 2.63. The maximum atomic E-state index is 12.6. The molecule has 0 saturated carbocycles. The lowest BCUT2D eigenvalue weighted by Gasteiger charge is -2.05. The molecule has 1 aromatic carbocycles. The van der Waals surface area contributed by atoms with Gasteiger partial charge in [-0.05, 0) is 29.8 Å². The smallest absolute Gasteiger partial charge is 0.431 e. The molecule has 0 radical (unpaired) electrons. The molecule has 0 saturated heterocycles. The van der Waals surface area contributed by atoms with E-state index in [1.54, 1.807) is 35.3 Å². The van der Waals surface area contributed by atoms with Gasteiger partial charge in [0.2, 0.25) is 0 Å². The maximum absolute atomic E-state index is 12.6. The second kappa shape index (κ2) is 5.82. The van der Waals surface area contributed by atoms with Crippen molar-refractivity contribution in [3.63, 3.8) is 0 Å². The zero-order chi connectivity index (χ0) is 15.5. The van der Waals surface area contributed by atoms with Crippen LogP contribution in [0, 0.1) is 0 Å². The standard InChI is InChI=1S/C14H11F3N2O2/c1-21-11-6-3-9(4-7-11)2-5-10-8-12(14(15,16)17)19-13(20)18-10/h2-8H,1H3,(H,18,19,20)/b5-2+. The molecule has 2 aromatic rings. The average Bonchev–Trinajstić information content (AvgIpc) is 2.44. The van der Waals surface area contributed by atoms with E-state index in [0.717, 1.165) is 11.6 Å². The number of aromatic amines is 1. The topological polar surface area (TPSA) is 55.0 Å². The number of alkyl halides is 3. The first-order chi connectivity index (χ1) is 9.88. The summed E-state index contributed by atoms with van der Waals surface area (Å²) in [6, 6.07) is 7.67. The Hall–Kier alpha value is -2.57. The number of H-pyrrole nitrogens is 1. The summed E-state index contributed by atoms with van der Waals surface area (Å²) in [4.78, 5) is 16.3. The molecule has 0 aliphatic rings. The van der Waals surface area contributed by atoms with Gasteiger partial charge in [-0.2, -0.15) is 18.2 Å². The fourth-order valence-corrected chi connectivity index (χ4v) is 1.61. The Kier molecular flexibility index (Phi) is 4.11. The van der Waals surface area contributed by atoms with E-state index in [0.29, 0.717) is 5.75 Å². The Balaban J connectivity index is 2.28. The van der Waals surface area contributed by atoms with Gasteiger partial charge in [-0.3, -0.25) is 0 Å². The summed E-state index contributed by atoms with van der Waals surface area (Å²) in [5.41, 5.74) is -1.50. The van der Waals surface area contributed by atoms with Crippen LogP contribution in [0.4, 0.5) is 13.2 Å². The van der Waals surface area contributed by atoms with Crippen molar-refractivity contribution in [3.8, 4) is 5.75 Å². The van der Waals surface area contributed by atoms with Crippen molar-refractivity contribution in [2.45, 2.75) is 6.18 Å². The van der Waals surface area contributed by atoms with Gasteiger partial charge < -0.3 is 9.72 Å². The number of methoxy groups -OCH3 is 1. The molecule has 0 fully saturated rings. The van der Waals surface area contributed by atoms with Crippen LogP contribution < -0.4 is 10.4 Å². The Labute approximate surface area is 117 Å². The van der Waals surface area contributed by atoms with Crippen molar-refractivity contribution < 1.29 is 17.9 Å². The van der Waals surface area contributed by atoms with E-state index in [2.05, 4.69) is 4.98 Å². The Morgan fingerprint density at radius 1 is 1.19 bits per heavy atom. The second-order valence-electron chi connectivity index (χ2n) is 4.13. The minimum atomic E-state index is -4.62. The van der Waals surface area contributed by atoms with Crippen LogP contribution in [0.25, 0.3) is 12.2 Å². The molecular formula is C14H11F3N2O2. The molecule has 1 aromatic heterocycles. The highest BCUT2D eigenvalue weighted by Crippen LogP contribution is 2.27. The molecule has 7 heteroatoms. The fraction of sp³-hybridized carbons (Fsp3) is 0.143. The van der Waals surface area contributed by atoms with E-state index in [-0.39, 0.29) is 5.69 Å². The van der Waals surface area contributed by atoms with E-state index in [1.807, 2.05) is 0 Å². The van der Waals surface area contributed by atoms with Crippen molar-refractivity contribution in [1.82, 2.24) is 9.97 Å². The minimum Gasteiger partial charge on any atom is -0.497 e. The van der Waals surface area contributed by atoms with Gasteiger partial charge in [0.25, 0.3) is 0 Å². The molecule has 1 N–H and O–H groups in total. The predicted octanol–water partition coefficient (Wildman–Crippen LogP) is 2.97. The van der Waals surface area contributed by atoms with E-state index in [9.17, 15) is 18.0 Å². The number of aromatic nitrogens is 2. The van der Waals surface area contributed by atoms with Crippen molar-refractivity contribution in [2.75, 3.05) is 7.11 Å². The van der Waals surface area contributed by atoms with Crippen LogP contribution in [0.3, 0.4) is 0 Å². The number of hydrogen-bond acceptors (Lipinski definition) is 3. The molecule has 0 aliphatic carbocycles. The molecular weight excluding hydrogens is 285 g/mol. The van der Waals surface area contributed by atoms with Gasteiger partial charge in [0.15, 0.2) is 0 Å². The molecule has 2 rings (SSSR count). The molecule has 110 valence electrons. The Morgan fingerprint density at radius 2 is 1.86 bits per heavy atom. The van der Waals surface area contributed by atoms with Crippen molar-refractivity contribution in [2.24, 2.45) is 0 Å². The molecule has 0 spiro atoms. The third kappa shape index (κ3) is 3.95. The van der Waals surface area contributed by atoms with Gasteiger partial charge >= 0.3 is 11.9 Å². The number of nitrogens with zero attached hydrogens (tertiary/aromatic N) is 1. The number of ether oxygens (including phenoxy) is 1. The molecule has 1 heterocycles. The van der Waals surface area contributed by atoms with Gasteiger partial charge in [-0.1, -0.05) is 18.2 Å². The Morgan fingerprint density at radius 3 is 2.43 bits per heavy atom. The lowest BCUT2D eigenvalue weighted by Crippen LogP contribution is -2.19. The van der Waals surface area contributed by atoms with Crippen LogP contribution in [0.2, 0.25) is 0 Å². The summed E-state index contributed by atoms with van der Waals surface area (Å²) < 4.78 is 42.7. The van der Waals surface area contributed by atoms with Crippen molar-refractivity contribution in [1.29, 1.82) is 0 Å². The summed E-state index contributed by atoms with van der Waals surface area (Å²) >= 11 is 0. The predicted molar refractivity (Wildman–Crippen MR) is 71.8 cm³/mol. The molecule has 0 bridgehead atoms. The lowest BCUT2D eigenvalue weighted by molar-refractivity contribution is -0.141. The molecule has 0 unspecified atom stereocenters. The first kappa shape index (κ1) is 14.8. The van der Waals surface area contributed by atoms with E-state index >= 15 is 0 Å². The quantitative estimate of drug-likeness (QED) is 0.947. The summed E-state index contributed by atoms with van der Waals surface area (Å²) in [5.74, 6) is 0.667. The summed E-state index contributed by atoms with van der Waals surface area (Å²) in [6.45, 7) is 0. The monoisotopic (exact) mass is 296 g/mol. The van der Waals surface area contributed by atoms with E-state index in [4.69, 9.17) is 4.74 Å². The largest absolute Gasteiger partial charge is 0.497 e. The van der Waals surface area contributed by atoms with Crippen LogP contribution in [-0.2, 0) is 6.18 Å². The van der Waals surface area contributed by atoms with Crippen molar-refractivity contribution in [3.05, 3.63) is 57.8 Å². The van der Waals surface area contributed by atoms with Crippen LogP contribution in [-0.4, -0.2) is 17.1 Å². The van der Waals surface area contributed by atoms with Gasteiger partial charge in [0.1, 0.15) is 11.4 Å². The summed E-state index contributed by atoms with van der Waals surface area (Å²) in [7, 11) is 1.53. The maximum Gasteiger partial charge on any atom is 0.431 e. The van der Waals surface area contributed by atoms with Crippen molar-refractivity contribution >= 4 is 12.2 Å². The minimum absolute atomic E-state index is 0.0677. The highest BCUT2D eigenvalue weighted by Gasteiger charge is 2.32. The number of hydrogen-bond donors (Lipinski definition) is 1. The van der Waals surface area contributed by atoms with Gasteiger partial charge in [0, 0.05) is 0 Å². The second-order valence-corrected chi connectivity index (χ2v) is 4.13. The zero-order valence-electron chi connectivity index (χ0n) is 10.9. The first-order valence-electron chi connectivity index (χ1n) is 5.89. The number of nitrogens with one attached hydrogen (secondary N) is 1. The van der Waals surface area contributed by atoms with Crippen LogP contribution in [0.5, 0.6) is 5.75 Å². The van der Waals surface area contributed by atoms with Crippen LogP contribution in [0.1, 0.15) is 17.0 Å². The van der Waals surface area contributed by atoms with Gasteiger partial charge in [0.05, 0.1) is 12.8 Å². The van der Waals surface area contributed by atoms with E-state index in [1.165, 1.54) is 13.2 Å². The Bertz CT molecular complexity index is 703. The average molecular weight is 296 g/mol. The van der Waals surface area contributed by atoms with Gasteiger partial charge in [-0.15, -0.1) is 0 Å². The zero-order valence-corrected chi connectivity index (χ0v) is 10.9. The van der Waals surface area contributed by atoms with Crippen LogP contribution >= 0.6 is 0 Å². The molecule has 0 aliphatic heterocycles. The number of benzene rings is 1. The molecule has 4 nitrogen and oxygen atoms in total. The van der Waals surface area contributed by atoms with Crippen LogP contribution in [0.15, 0.2) is 35.1 Å². The summed E-state index contributed by atoms with van der Waals surface area (Å²) in [5, 5.41) is 0. The highest BCUT2D eigenvalue weighted by molar-refractivity contribution is 5.68. The highest BCUT2D eigenvalue weighted by atomic mass is 19.4. The lowest BCUT2D eigenvalue weighted by atomic mass is 10.2. The normalized spacial score (nSPS) is 11.8. The summed E-state index contributed by atoms with van der Waals surface area (Å²) in [6.07, 6.45) is -1.72. The molecule has 0 atom stereocenters. The molecule has 21 heavy (non-hydrogen) atoms. The third-order valence-corrected chi connectivity index (χ3v) is 2.63. The number of rotatable bonds is 3. The molecule has 0 amide bonds. The number of halogens is 3. The fourth-order valence-electron chi connectivity index (χ4n) is 1.61.